The van der Waals surface area contributed by atoms with E-state index < -0.39 is 5.60 Å². The Balaban J connectivity index is 2.16. The molecule has 1 fully saturated rings. The van der Waals surface area contributed by atoms with E-state index in [1.54, 1.807) is 24.1 Å². The van der Waals surface area contributed by atoms with Gasteiger partial charge in [0.05, 0.1) is 17.7 Å². The van der Waals surface area contributed by atoms with Crippen LogP contribution in [0.25, 0.3) is 0 Å². The highest BCUT2D eigenvalue weighted by Gasteiger charge is 2.34. The molecule has 0 aliphatic carbocycles. The second-order valence-corrected chi connectivity index (χ2v) is 4.94. The number of hydrogen-bond donors (Lipinski definition) is 2. The topological polar surface area (TPSA) is 79.5 Å². The van der Waals surface area contributed by atoms with Gasteiger partial charge >= 0.3 is 0 Å². The zero-order valence-electron chi connectivity index (χ0n) is 10.9. The maximum Gasteiger partial charge on any atom is 0.255 e. The molecule has 0 spiro atoms. The molecule has 1 aliphatic rings. The molecule has 2 rings (SSSR count). The van der Waals surface area contributed by atoms with Crippen LogP contribution in [-0.2, 0) is 0 Å². The first-order valence-electron chi connectivity index (χ1n) is 6.17. The maximum atomic E-state index is 12.3. The highest BCUT2D eigenvalue weighted by Crippen LogP contribution is 2.22. The fraction of sp³-hybridized carbons (Fsp3) is 0.429. The zero-order chi connectivity index (χ0) is 13.9. The Hall–Kier alpha value is -1.90. The molecule has 3 N–H and O–H groups in total. The van der Waals surface area contributed by atoms with E-state index in [0.717, 1.165) is 0 Å². The molecule has 0 bridgehead atoms. The number of aliphatic hydroxyl groups is 1. The third kappa shape index (κ3) is 3.31. The number of nitrogens with zero attached hydrogens (tertiary/aromatic N) is 2. The lowest BCUT2D eigenvalue weighted by atomic mass is 10.1. The fourth-order valence-corrected chi connectivity index (χ4v) is 2.08. The summed E-state index contributed by atoms with van der Waals surface area (Å²) in [6.45, 7) is 2.92. The van der Waals surface area contributed by atoms with Gasteiger partial charge < -0.3 is 15.7 Å². The van der Waals surface area contributed by atoms with Gasteiger partial charge in [-0.25, -0.2) is 0 Å². The number of hydrogen-bond acceptors (Lipinski definition) is 4. The van der Waals surface area contributed by atoms with E-state index in [2.05, 4.69) is 16.8 Å². The highest BCUT2D eigenvalue weighted by atomic mass is 16.3. The van der Waals surface area contributed by atoms with Crippen LogP contribution in [0.3, 0.4) is 0 Å². The molecule has 0 saturated carbocycles. The molecule has 2 heterocycles. The van der Waals surface area contributed by atoms with Crippen molar-refractivity contribution in [3.05, 3.63) is 29.6 Å². The normalized spacial score (nSPS) is 21.9. The number of nitrogens with two attached hydrogens (primary N) is 1. The van der Waals surface area contributed by atoms with Gasteiger partial charge in [-0.2, -0.15) is 0 Å². The Bertz CT molecular complexity index is 543. The molecule has 0 aromatic carbocycles. The summed E-state index contributed by atoms with van der Waals surface area (Å²) in [5.41, 5.74) is 5.67. The van der Waals surface area contributed by atoms with Crippen molar-refractivity contribution in [1.82, 2.24) is 9.88 Å². The van der Waals surface area contributed by atoms with Crippen molar-refractivity contribution in [2.24, 2.45) is 5.73 Å². The molecular weight excluding hydrogens is 242 g/mol. The molecule has 1 aliphatic heterocycles. The Kier molecular flexibility index (Phi) is 3.84. The Morgan fingerprint density at radius 2 is 2.42 bits per heavy atom. The molecule has 1 aromatic rings. The summed E-state index contributed by atoms with van der Waals surface area (Å²) in [7, 11) is 0. The third-order valence-electron chi connectivity index (χ3n) is 3.06. The molecule has 5 nitrogen and oxygen atoms in total. The summed E-state index contributed by atoms with van der Waals surface area (Å²) in [6.07, 6.45) is 3.71. The van der Waals surface area contributed by atoms with Crippen LogP contribution < -0.4 is 5.73 Å². The monoisotopic (exact) mass is 259 g/mol. The number of carbonyl (C=O) groups is 1. The number of likely N-dealkylation sites (tertiary alicyclic amines) is 1. The lowest BCUT2D eigenvalue weighted by Gasteiger charge is -2.18. The molecule has 1 saturated heterocycles. The minimum absolute atomic E-state index is 0.123. The summed E-state index contributed by atoms with van der Waals surface area (Å²) in [6, 6.07) is 1.70. The summed E-state index contributed by atoms with van der Waals surface area (Å²) in [5.74, 6) is 5.45. The smallest absolute Gasteiger partial charge is 0.255 e. The van der Waals surface area contributed by atoms with Gasteiger partial charge in [0.25, 0.3) is 5.91 Å². The van der Waals surface area contributed by atoms with E-state index in [-0.39, 0.29) is 12.5 Å². The predicted octanol–water partition coefficient (Wildman–Crippen LogP) is -0.0113. The van der Waals surface area contributed by atoms with E-state index in [9.17, 15) is 9.90 Å². The molecule has 1 aromatic heterocycles. The van der Waals surface area contributed by atoms with E-state index >= 15 is 0 Å². The van der Waals surface area contributed by atoms with Crippen LogP contribution in [0.2, 0.25) is 0 Å². The van der Waals surface area contributed by atoms with Gasteiger partial charge in [-0.05, 0) is 19.4 Å². The molecular formula is C14H17N3O2. The second kappa shape index (κ2) is 5.39. The van der Waals surface area contributed by atoms with Crippen molar-refractivity contribution in [3.8, 4) is 11.8 Å². The van der Waals surface area contributed by atoms with Crippen LogP contribution in [0.15, 0.2) is 18.5 Å². The molecule has 1 unspecified atom stereocenters. The van der Waals surface area contributed by atoms with Gasteiger partial charge in [0.2, 0.25) is 0 Å². The van der Waals surface area contributed by atoms with E-state index in [0.29, 0.717) is 30.6 Å². The minimum atomic E-state index is -0.792. The first-order chi connectivity index (χ1) is 9.02. The van der Waals surface area contributed by atoms with Crippen molar-refractivity contribution in [3.63, 3.8) is 0 Å². The summed E-state index contributed by atoms with van der Waals surface area (Å²) in [5, 5.41) is 9.89. The number of amides is 1. The van der Waals surface area contributed by atoms with Crippen molar-refractivity contribution in [2.75, 3.05) is 19.6 Å². The maximum absolute atomic E-state index is 12.3. The average Bonchev–Trinajstić information content (AvgIpc) is 2.76. The summed E-state index contributed by atoms with van der Waals surface area (Å²) in [4.78, 5) is 17.9. The second-order valence-electron chi connectivity index (χ2n) is 4.94. The molecule has 19 heavy (non-hydrogen) atoms. The molecule has 0 radical (unpaired) electrons. The van der Waals surface area contributed by atoms with Crippen LogP contribution in [0.5, 0.6) is 0 Å². The van der Waals surface area contributed by atoms with Gasteiger partial charge in [-0.1, -0.05) is 11.8 Å². The van der Waals surface area contributed by atoms with Crippen molar-refractivity contribution in [1.29, 1.82) is 0 Å². The largest absolute Gasteiger partial charge is 0.388 e. The van der Waals surface area contributed by atoms with Crippen LogP contribution in [0.1, 0.15) is 29.3 Å². The van der Waals surface area contributed by atoms with Gasteiger partial charge in [-0.3, -0.25) is 9.78 Å². The van der Waals surface area contributed by atoms with Gasteiger partial charge in [0.15, 0.2) is 0 Å². The first kappa shape index (κ1) is 13.5. The van der Waals surface area contributed by atoms with Gasteiger partial charge in [0, 0.05) is 31.0 Å². The summed E-state index contributed by atoms with van der Waals surface area (Å²) >= 11 is 0. The van der Waals surface area contributed by atoms with E-state index in [1.165, 1.54) is 6.20 Å². The molecule has 100 valence electrons. The lowest BCUT2D eigenvalue weighted by molar-refractivity contribution is 0.0572. The number of β-amino-alcohol motifs (C(OH)–C–C–N with tert-alkyl or cyclic N) is 1. The van der Waals surface area contributed by atoms with E-state index in [4.69, 9.17) is 5.73 Å². The fourth-order valence-electron chi connectivity index (χ4n) is 2.08. The Morgan fingerprint density at radius 1 is 1.63 bits per heavy atom. The number of carbonyl (C=O) groups excluding carboxylic acids is 1. The van der Waals surface area contributed by atoms with Crippen molar-refractivity contribution >= 4 is 5.91 Å². The van der Waals surface area contributed by atoms with Crippen LogP contribution in [-0.4, -0.2) is 46.1 Å². The number of pyridine rings is 1. The first-order valence-corrected chi connectivity index (χ1v) is 6.17. The Morgan fingerprint density at radius 3 is 3.05 bits per heavy atom. The standard InChI is InChI=1S/C14H17N3O2/c1-14(19)4-6-17(10-14)13(18)12-7-11(3-2-5-15)8-16-9-12/h7-9,19H,4-6,10,15H2,1H3. The van der Waals surface area contributed by atoms with Crippen LogP contribution >= 0.6 is 0 Å². The molecule has 5 heteroatoms. The third-order valence-corrected chi connectivity index (χ3v) is 3.06. The Labute approximate surface area is 112 Å². The quantitative estimate of drug-likeness (QED) is 0.695. The van der Waals surface area contributed by atoms with Gasteiger partial charge in [0.1, 0.15) is 0 Å². The highest BCUT2D eigenvalue weighted by molar-refractivity contribution is 5.94. The minimum Gasteiger partial charge on any atom is -0.388 e. The SMILES string of the molecule is CC1(O)CCN(C(=O)c2cncc(C#CCN)c2)C1. The lowest BCUT2D eigenvalue weighted by Crippen LogP contribution is -2.33. The van der Waals surface area contributed by atoms with E-state index in [1.807, 2.05) is 0 Å². The predicted molar refractivity (Wildman–Crippen MR) is 71.3 cm³/mol. The van der Waals surface area contributed by atoms with Crippen LogP contribution in [0, 0.1) is 11.8 Å². The van der Waals surface area contributed by atoms with Gasteiger partial charge in [-0.15, -0.1) is 0 Å². The summed E-state index contributed by atoms with van der Waals surface area (Å²) < 4.78 is 0. The van der Waals surface area contributed by atoms with Crippen molar-refractivity contribution < 1.29 is 9.90 Å². The zero-order valence-corrected chi connectivity index (χ0v) is 10.9. The van der Waals surface area contributed by atoms with Crippen molar-refractivity contribution in [2.45, 2.75) is 18.9 Å². The number of aromatic nitrogens is 1. The molecule has 1 amide bonds. The molecule has 1 atom stereocenters. The average molecular weight is 259 g/mol. The van der Waals surface area contributed by atoms with Crippen LogP contribution in [0.4, 0.5) is 0 Å². The number of rotatable bonds is 1.